The number of aromatic nitrogens is 3. The largest absolute Gasteiger partial charge is 0.477 e. The van der Waals surface area contributed by atoms with Crippen molar-refractivity contribution in [2.45, 2.75) is 11.8 Å². The summed E-state index contributed by atoms with van der Waals surface area (Å²) in [6.45, 7) is 2.08. The second-order valence-corrected chi connectivity index (χ2v) is 6.05. The molecule has 9 nitrogen and oxygen atoms in total. The standard InChI is InChI=1S/C9H10N4O5S2/c1-2-18-9-10-8(11-12-9)13-20(16,17)5-3-6(7(14)15)19-4-5/h3-4H,2H2,1H3,(H,14,15)(H2,10,11,12,13). The molecule has 0 spiro atoms. The van der Waals surface area contributed by atoms with Crippen molar-refractivity contribution in [1.82, 2.24) is 15.2 Å². The summed E-state index contributed by atoms with van der Waals surface area (Å²) in [5, 5.41) is 16.0. The van der Waals surface area contributed by atoms with Gasteiger partial charge in [0.25, 0.3) is 10.0 Å². The highest BCUT2D eigenvalue weighted by atomic mass is 32.2. The van der Waals surface area contributed by atoms with Crippen molar-refractivity contribution in [2.24, 2.45) is 0 Å². The van der Waals surface area contributed by atoms with Gasteiger partial charge in [0.05, 0.1) is 11.5 Å². The predicted molar refractivity (Wildman–Crippen MR) is 69.6 cm³/mol. The van der Waals surface area contributed by atoms with Crippen molar-refractivity contribution < 1.29 is 23.1 Å². The molecule has 3 N–H and O–H groups in total. The van der Waals surface area contributed by atoms with E-state index in [0.29, 0.717) is 6.61 Å². The summed E-state index contributed by atoms with van der Waals surface area (Å²) in [6, 6.07) is 1.08. The second kappa shape index (κ2) is 5.46. The molecule has 2 rings (SSSR count). The third kappa shape index (κ3) is 3.05. The first-order valence-corrected chi connectivity index (χ1v) is 7.68. The van der Waals surface area contributed by atoms with E-state index in [4.69, 9.17) is 9.84 Å². The number of nitrogens with one attached hydrogen (secondary N) is 2. The minimum Gasteiger partial charge on any atom is -0.477 e. The molecule has 2 aromatic rings. The van der Waals surface area contributed by atoms with E-state index in [0.717, 1.165) is 17.4 Å². The van der Waals surface area contributed by atoms with Crippen LogP contribution in [0.4, 0.5) is 5.95 Å². The Labute approximate surface area is 117 Å². The van der Waals surface area contributed by atoms with Crippen LogP contribution in [-0.4, -0.2) is 41.3 Å². The molecule has 0 aromatic carbocycles. The summed E-state index contributed by atoms with van der Waals surface area (Å²) < 4.78 is 31.1. The Bertz CT molecular complexity index is 720. The first-order chi connectivity index (χ1) is 9.42. The van der Waals surface area contributed by atoms with Gasteiger partial charge in [-0.3, -0.25) is 0 Å². The van der Waals surface area contributed by atoms with Crippen LogP contribution in [0.3, 0.4) is 0 Å². The summed E-state index contributed by atoms with van der Waals surface area (Å²) in [4.78, 5) is 14.3. The maximum atomic E-state index is 12.0. The highest BCUT2D eigenvalue weighted by Crippen LogP contribution is 2.21. The molecule has 11 heteroatoms. The third-order valence-corrected chi connectivity index (χ3v) is 4.45. The van der Waals surface area contributed by atoms with Crippen molar-refractivity contribution >= 4 is 33.3 Å². The van der Waals surface area contributed by atoms with Gasteiger partial charge in [-0.15, -0.1) is 16.4 Å². The number of H-pyrrole nitrogens is 1. The van der Waals surface area contributed by atoms with Crippen molar-refractivity contribution in [3.05, 3.63) is 16.3 Å². The van der Waals surface area contributed by atoms with Crippen LogP contribution < -0.4 is 9.46 Å². The third-order valence-electron chi connectivity index (χ3n) is 2.07. The predicted octanol–water partition coefficient (Wildman–Crippen LogP) is 0.764. The molecule has 20 heavy (non-hydrogen) atoms. The van der Waals surface area contributed by atoms with Gasteiger partial charge in [-0.05, 0) is 13.0 Å². The van der Waals surface area contributed by atoms with Gasteiger partial charge in [0.2, 0.25) is 5.95 Å². The first kappa shape index (κ1) is 14.3. The number of carboxylic acid groups (broad SMARTS) is 1. The zero-order valence-electron chi connectivity index (χ0n) is 10.2. The molecule has 2 aromatic heterocycles. The Balaban J connectivity index is 2.19. The molecule has 108 valence electrons. The summed E-state index contributed by atoms with van der Waals surface area (Å²) >= 11 is 0.819. The van der Waals surface area contributed by atoms with E-state index in [-0.39, 0.29) is 21.7 Å². The average Bonchev–Trinajstić information content (AvgIpc) is 2.98. The fourth-order valence-corrected chi connectivity index (χ4v) is 3.31. The Hall–Kier alpha value is -2.14. The Morgan fingerprint density at radius 1 is 1.60 bits per heavy atom. The lowest BCUT2D eigenvalue weighted by Gasteiger charge is -2.01. The molecular formula is C9H10N4O5S2. The number of sulfonamides is 1. The van der Waals surface area contributed by atoms with Gasteiger partial charge in [0, 0.05) is 5.38 Å². The molecule has 0 aliphatic rings. The SMILES string of the molecule is CCOc1n[nH]c(NS(=O)(=O)c2csc(C(=O)O)c2)n1. The Morgan fingerprint density at radius 3 is 2.95 bits per heavy atom. The van der Waals surface area contributed by atoms with E-state index in [9.17, 15) is 13.2 Å². The molecule has 0 bridgehead atoms. The van der Waals surface area contributed by atoms with E-state index < -0.39 is 16.0 Å². The summed E-state index contributed by atoms with van der Waals surface area (Å²) in [6.07, 6.45) is 0. The molecule has 0 saturated carbocycles. The molecule has 0 unspecified atom stereocenters. The Morgan fingerprint density at radius 2 is 2.35 bits per heavy atom. The highest BCUT2D eigenvalue weighted by molar-refractivity contribution is 7.92. The number of rotatable bonds is 6. The molecule has 0 atom stereocenters. The Kier molecular flexibility index (Phi) is 3.90. The number of nitrogens with zero attached hydrogens (tertiary/aromatic N) is 2. The van der Waals surface area contributed by atoms with E-state index >= 15 is 0 Å². The average molecular weight is 318 g/mol. The monoisotopic (exact) mass is 318 g/mol. The molecule has 2 heterocycles. The molecule has 0 fully saturated rings. The maximum absolute atomic E-state index is 12.0. The maximum Gasteiger partial charge on any atom is 0.345 e. The van der Waals surface area contributed by atoms with Crippen LogP contribution in [0.1, 0.15) is 16.6 Å². The second-order valence-electron chi connectivity index (χ2n) is 3.46. The summed E-state index contributed by atoms with van der Waals surface area (Å²) in [7, 11) is -3.92. The number of aromatic carboxylic acids is 1. The first-order valence-electron chi connectivity index (χ1n) is 5.32. The number of aromatic amines is 1. The number of carbonyl (C=O) groups is 1. The molecule has 0 amide bonds. The van der Waals surface area contributed by atoms with Gasteiger partial charge in [0.1, 0.15) is 4.88 Å². The number of hydrogen-bond acceptors (Lipinski definition) is 7. The van der Waals surface area contributed by atoms with Crippen LogP contribution in [0, 0.1) is 0 Å². The lowest BCUT2D eigenvalue weighted by molar-refractivity contribution is 0.0702. The van der Waals surface area contributed by atoms with Gasteiger partial charge in [0.15, 0.2) is 0 Å². The zero-order valence-corrected chi connectivity index (χ0v) is 11.8. The quantitative estimate of drug-likeness (QED) is 0.715. The number of carboxylic acids is 1. The zero-order chi connectivity index (χ0) is 14.8. The molecule has 0 radical (unpaired) electrons. The van der Waals surface area contributed by atoms with Gasteiger partial charge in [-0.2, -0.15) is 4.98 Å². The van der Waals surface area contributed by atoms with Crippen molar-refractivity contribution in [2.75, 3.05) is 11.3 Å². The van der Waals surface area contributed by atoms with E-state index in [2.05, 4.69) is 19.9 Å². The van der Waals surface area contributed by atoms with Crippen LogP contribution in [-0.2, 0) is 10.0 Å². The number of ether oxygens (including phenoxy) is 1. The fraction of sp³-hybridized carbons (Fsp3) is 0.222. The van der Waals surface area contributed by atoms with E-state index in [1.807, 2.05) is 0 Å². The molecule has 0 aliphatic carbocycles. The lowest BCUT2D eigenvalue weighted by Crippen LogP contribution is -2.13. The number of thiophene rings is 1. The van der Waals surface area contributed by atoms with Crippen LogP contribution in [0.5, 0.6) is 6.01 Å². The summed E-state index contributed by atoms with van der Waals surface area (Å²) in [5.74, 6) is -1.30. The smallest absolute Gasteiger partial charge is 0.345 e. The van der Waals surface area contributed by atoms with Crippen molar-refractivity contribution in [3.63, 3.8) is 0 Å². The van der Waals surface area contributed by atoms with Gasteiger partial charge in [-0.1, -0.05) is 0 Å². The van der Waals surface area contributed by atoms with Crippen LogP contribution >= 0.6 is 11.3 Å². The minimum atomic E-state index is -3.92. The molecule has 0 saturated heterocycles. The van der Waals surface area contributed by atoms with Gasteiger partial charge in [-0.25, -0.2) is 23.0 Å². The molecular weight excluding hydrogens is 308 g/mol. The highest BCUT2D eigenvalue weighted by Gasteiger charge is 2.20. The minimum absolute atomic E-state index is 0.0155. The number of hydrogen-bond donors (Lipinski definition) is 3. The van der Waals surface area contributed by atoms with Crippen LogP contribution in [0.25, 0.3) is 0 Å². The summed E-state index contributed by atoms with van der Waals surface area (Å²) in [5.41, 5.74) is 0. The van der Waals surface area contributed by atoms with Crippen molar-refractivity contribution in [3.8, 4) is 6.01 Å². The lowest BCUT2D eigenvalue weighted by atomic mass is 10.5. The van der Waals surface area contributed by atoms with Gasteiger partial charge < -0.3 is 9.84 Å². The van der Waals surface area contributed by atoms with Crippen LogP contribution in [0.15, 0.2) is 16.3 Å². The molecule has 0 aliphatic heterocycles. The van der Waals surface area contributed by atoms with E-state index in [1.165, 1.54) is 5.38 Å². The van der Waals surface area contributed by atoms with Gasteiger partial charge >= 0.3 is 12.0 Å². The number of anilines is 1. The van der Waals surface area contributed by atoms with E-state index in [1.54, 1.807) is 6.92 Å². The normalized spacial score (nSPS) is 11.2. The van der Waals surface area contributed by atoms with Crippen molar-refractivity contribution in [1.29, 1.82) is 0 Å². The van der Waals surface area contributed by atoms with Crippen LogP contribution in [0.2, 0.25) is 0 Å². The topological polar surface area (TPSA) is 134 Å². The fourth-order valence-electron chi connectivity index (χ4n) is 1.24.